The van der Waals surface area contributed by atoms with Gasteiger partial charge in [0.25, 0.3) is 0 Å². The van der Waals surface area contributed by atoms with Gasteiger partial charge in [0, 0.05) is 25.2 Å². The molecule has 8 heteroatoms. The molecule has 1 aromatic rings. The van der Waals surface area contributed by atoms with E-state index in [1.165, 1.54) is 12.1 Å². The van der Waals surface area contributed by atoms with Crippen LogP contribution in [0.2, 0.25) is 0 Å². The Morgan fingerprint density at radius 1 is 1.25 bits per heavy atom. The fourth-order valence-electron chi connectivity index (χ4n) is 3.65. The van der Waals surface area contributed by atoms with Gasteiger partial charge in [-0.2, -0.15) is 13.2 Å². The van der Waals surface area contributed by atoms with E-state index < -0.39 is 11.7 Å². The van der Waals surface area contributed by atoms with Crippen LogP contribution in [0, 0.1) is 5.92 Å². The predicted octanol–water partition coefficient (Wildman–Crippen LogP) is 4.67. The second kappa shape index (κ2) is 11.2. The Hall–Kier alpha value is -1.03. The second-order valence-electron chi connectivity index (χ2n) is 7.47. The quantitative estimate of drug-likeness (QED) is 0.342. The van der Waals surface area contributed by atoms with E-state index in [1.54, 1.807) is 12.1 Å². The third-order valence-corrected chi connectivity index (χ3v) is 4.84. The molecule has 0 aliphatic carbocycles. The van der Waals surface area contributed by atoms with Crippen LogP contribution in [0.3, 0.4) is 0 Å². The molecule has 1 saturated heterocycles. The summed E-state index contributed by atoms with van der Waals surface area (Å²) in [4.78, 5) is 6.96. The van der Waals surface area contributed by atoms with E-state index in [2.05, 4.69) is 29.4 Å². The van der Waals surface area contributed by atoms with E-state index >= 15 is 0 Å². The molecule has 0 bridgehead atoms. The first kappa shape index (κ1) is 25.0. The lowest BCUT2D eigenvalue weighted by Gasteiger charge is -2.39. The Balaban J connectivity index is 0.00000392. The summed E-state index contributed by atoms with van der Waals surface area (Å²) in [5.41, 5.74) is 0.321. The Morgan fingerprint density at radius 2 is 1.89 bits per heavy atom. The number of hydrogen-bond donors (Lipinski definition) is 2. The number of likely N-dealkylation sites (tertiary alicyclic amines) is 1. The first-order valence-electron chi connectivity index (χ1n) is 9.64. The van der Waals surface area contributed by atoms with Gasteiger partial charge in [-0.25, -0.2) is 0 Å². The summed E-state index contributed by atoms with van der Waals surface area (Å²) < 4.78 is 38.6. The minimum atomic E-state index is -4.30. The van der Waals surface area contributed by atoms with Gasteiger partial charge in [-0.1, -0.05) is 12.1 Å². The van der Waals surface area contributed by atoms with Crippen LogP contribution in [-0.2, 0) is 6.18 Å². The van der Waals surface area contributed by atoms with E-state index in [0.29, 0.717) is 6.54 Å². The fourth-order valence-corrected chi connectivity index (χ4v) is 3.65. The van der Waals surface area contributed by atoms with Gasteiger partial charge in [-0.15, -0.1) is 24.0 Å². The highest BCUT2D eigenvalue weighted by atomic mass is 127. The molecule has 1 heterocycles. The van der Waals surface area contributed by atoms with E-state index in [0.717, 1.165) is 37.5 Å². The van der Waals surface area contributed by atoms with Gasteiger partial charge in [0.2, 0.25) is 0 Å². The molecule has 0 amide bonds. The average Bonchev–Trinajstić information content (AvgIpc) is 2.59. The van der Waals surface area contributed by atoms with Crippen molar-refractivity contribution in [3.63, 3.8) is 0 Å². The number of halogens is 4. The number of nitrogens with zero attached hydrogens (tertiary/aromatic N) is 2. The molecule has 0 saturated carbocycles. The van der Waals surface area contributed by atoms with Gasteiger partial charge in [0.05, 0.1) is 5.56 Å². The number of alkyl halides is 3. The number of rotatable bonds is 5. The van der Waals surface area contributed by atoms with Gasteiger partial charge < -0.3 is 10.6 Å². The van der Waals surface area contributed by atoms with Crippen LogP contribution in [0.5, 0.6) is 0 Å². The van der Waals surface area contributed by atoms with Gasteiger partial charge in [0.1, 0.15) is 0 Å². The second-order valence-corrected chi connectivity index (χ2v) is 7.47. The van der Waals surface area contributed by atoms with E-state index in [4.69, 9.17) is 4.99 Å². The zero-order valence-corrected chi connectivity index (χ0v) is 19.3. The first-order chi connectivity index (χ1) is 12.7. The number of guanidine groups is 1. The van der Waals surface area contributed by atoms with Crippen LogP contribution in [0.4, 0.5) is 13.2 Å². The normalized spacial score (nSPS) is 21.4. The van der Waals surface area contributed by atoms with E-state index in [1.807, 2.05) is 14.0 Å². The lowest BCUT2D eigenvalue weighted by Crippen LogP contribution is -2.42. The molecular formula is C20H32F3IN4. The van der Waals surface area contributed by atoms with Crippen molar-refractivity contribution in [3.8, 4) is 0 Å². The van der Waals surface area contributed by atoms with Crippen molar-refractivity contribution in [2.45, 2.75) is 51.9 Å². The third-order valence-electron chi connectivity index (χ3n) is 4.84. The highest BCUT2D eigenvalue weighted by molar-refractivity contribution is 14.0. The van der Waals surface area contributed by atoms with Gasteiger partial charge in [-0.3, -0.25) is 9.89 Å². The van der Waals surface area contributed by atoms with Crippen LogP contribution in [-0.4, -0.2) is 43.6 Å². The molecule has 1 fully saturated rings. The van der Waals surface area contributed by atoms with Crippen LogP contribution in [0.15, 0.2) is 29.3 Å². The topological polar surface area (TPSA) is 39.7 Å². The number of aliphatic imine (C=N–C) groups is 1. The molecule has 0 aromatic heterocycles. The van der Waals surface area contributed by atoms with Crippen LogP contribution >= 0.6 is 24.0 Å². The summed E-state index contributed by atoms with van der Waals surface area (Å²) in [6.07, 6.45) is -2.22. The fraction of sp³-hybridized carbons (Fsp3) is 0.650. The summed E-state index contributed by atoms with van der Waals surface area (Å²) in [6, 6.07) is 5.95. The lowest BCUT2D eigenvalue weighted by molar-refractivity contribution is -0.137. The maximum absolute atomic E-state index is 12.9. The van der Waals surface area contributed by atoms with Crippen LogP contribution in [0.25, 0.3) is 0 Å². The van der Waals surface area contributed by atoms with Crippen molar-refractivity contribution in [2.75, 3.05) is 26.7 Å². The number of hydrogen-bond acceptors (Lipinski definition) is 2. The minimum absolute atomic E-state index is 0. The van der Waals surface area contributed by atoms with Crippen molar-refractivity contribution in [3.05, 3.63) is 35.4 Å². The summed E-state index contributed by atoms with van der Waals surface area (Å²) in [6.45, 7) is 8.51. The largest absolute Gasteiger partial charge is 0.416 e. The summed E-state index contributed by atoms with van der Waals surface area (Å²) in [7, 11) is 2.04. The van der Waals surface area contributed by atoms with Gasteiger partial charge >= 0.3 is 6.18 Å². The standard InChI is InChI=1S/C20H31F3N4.HI/c1-5-24-19(26-14(2)3)25-13-16-7-6-12-27(4)18(16)15-8-10-17(11-9-15)20(21,22)23;/h8-11,14,16,18H,5-7,12-13H2,1-4H3,(H2,24,25,26);1H. The molecule has 160 valence electrons. The highest BCUT2D eigenvalue weighted by Crippen LogP contribution is 2.37. The monoisotopic (exact) mass is 512 g/mol. The van der Waals surface area contributed by atoms with Crippen molar-refractivity contribution in [2.24, 2.45) is 10.9 Å². The van der Waals surface area contributed by atoms with Crippen molar-refractivity contribution in [1.82, 2.24) is 15.5 Å². The number of nitrogens with one attached hydrogen (secondary N) is 2. The lowest BCUT2D eigenvalue weighted by atomic mass is 9.84. The SMILES string of the molecule is CCNC(=NCC1CCCN(C)C1c1ccc(C(F)(F)F)cc1)NC(C)C.I. The molecule has 1 aromatic carbocycles. The first-order valence-corrected chi connectivity index (χ1v) is 9.64. The minimum Gasteiger partial charge on any atom is -0.357 e. The number of benzene rings is 1. The highest BCUT2D eigenvalue weighted by Gasteiger charge is 2.33. The Labute approximate surface area is 183 Å². The van der Waals surface area contributed by atoms with Gasteiger partial charge in [-0.05, 0) is 70.8 Å². The van der Waals surface area contributed by atoms with Crippen molar-refractivity contribution < 1.29 is 13.2 Å². The van der Waals surface area contributed by atoms with Crippen LogP contribution < -0.4 is 10.6 Å². The van der Waals surface area contributed by atoms with Gasteiger partial charge in [0.15, 0.2) is 5.96 Å². The average molecular weight is 512 g/mol. The molecule has 1 aliphatic heterocycles. The molecule has 28 heavy (non-hydrogen) atoms. The summed E-state index contributed by atoms with van der Waals surface area (Å²) >= 11 is 0. The zero-order valence-electron chi connectivity index (χ0n) is 17.0. The van der Waals surface area contributed by atoms with E-state index in [9.17, 15) is 13.2 Å². The Kier molecular flexibility index (Phi) is 10.0. The maximum Gasteiger partial charge on any atom is 0.416 e. The summed E-state index contributed by atoms with van der Waals surface area (Å²) in [5.74, 6) is 1.05. The Bertz CT molecular complexity index is 617. The molecule has 0 spiro atoms. The molecule has 2 rings (SSSR count). The molecule has 2 atom stereocenters. The molecule has 4 nitrogen and oxygen atoms in total. The molecule has 2 N–H and O–H groups in total. The molecular weight excluding hydrogens is 480 g/mol. The van der Waals surface area contributed by atoms with E-state index in [-0.39, 0.29) is 42.0 Å². The molecule has 1 aliphatic rings. The maximum atomic E-state index is 12.9. The zero-order chi connectivity index (χ0) is 20.0. The van der Waals surface area contributed by atoms with Crippen molar-refractivity contribution in [1.29, 1.82) is 0 Å². The molecule has 2 unspecified atom stereocenters. The Morgan fingerprint density at radius 3 is 2.43 bits per heavy atom. The van der Waals surface area contributed by atoms with Crippen LogP contribution in [0.1, 0.15) is 50.8 Å². The predicted molar refractivity (Wildman–Crippen MR) is 119 cm³/mol. The summed E-state index contributed by atoms with van der Waals surface area (Å²) in [5, 5.41) is 6.55. The van der Waals surface area contributed by atoms with Crippen molar-refractivity contribution >= 4 is 29.9 Å². The number of piperidine rings is 1. The molecule has 0 radical (unpaired) electrons. The smallest absolute Gasteiger partial charge is 0.357 e. The third kappa shape index (κ3) is 7.09.